The fraction of sp³-hybridized carbons (Fsp3) is 0.444. The molecule has 0 spiro atoms. The van der Waals surface area contributed by atoms with Crippen molar-refractivity contribution >= 4 is 33.1 Å². The van der Waals surface area contributed by atoms with Crippen LogP contribution in [0.15, 0.2) is 17.2 Å². The molecule has 1 aromatic heterocycles. The predicted molar refractivity (Wildman–Crippen MR) is 70.9 cm³/mol. The zero-order valence-corrected chi connectivity index (χ0v) is 11.5. The minimum Gasteiger partial charge on any atom is -0.373 e. The summed E-state index contributed by atoms with van der Waals surface area (Å²) in [6, 6.07) is 2.85. The Morgan fingerprint density at radius 1 is 1.50 bits per heavy atom. The molecule has 0 fully saturated rings. The fourth-order valence-corrected chi connectivity index (χ4v) is 3.30. The average molecular weight is 291 g/mol. The van der Waals surface area contributed by atoms with Crippen molar-refractivity contribution in [1.29, 1.82) is 0 Å². The van der Waals surface area contributed by atoms with E-state index >= 15 is 0 Å². The number of sulfone groups is 1. The first-order chi connectivity index (χ1) is 8.33. The number of aromatic nitrogens is 1. The van der Waals surface area contributed by atoms with Crippen molar-refractivity contribution in [2.24, 2.45) is 0 Å². The summed E-state index contributed by atoms with van der Waals surface area (Å²) in [5.41, 5.74) is -0.118. The summed E-state index contributed by atoms with van der Waals surface area (Å²) in [5, 5.41) is 13.8. The van der Waals surface area contributed by atoms with Gasteiger partial charge in [0.2, 0.25) is 0 Å². The van der Waals surface area contributed by atoms with E-state index in [1.165, 1.54) is 12.1 Å². The van der Waals surface area contributed by atoms with Crippen LogP contribution < -0.4 is 5.32 Å². The summed E-state index contributed by atoms with van der Waals surface area (Å²) in [7, 11) is -1.43. The van der Waals surface area contributed by atoms with Gasteiger partial charge in [-0.25, -0.2) is 13.4 Å². The molecule has 1 aromatic rings. The number of nitrogens with one attached hydrogen (secondary N) is 1. The highest BCUT2D eigenvalue weighted by molar-refractivity contribution is 8.00. The molecule has 0 bridgehead atoms. The topological polar surface area (TPSA) is 102 Å². The van der Waals surface area contributed by atoms with E-state index in [2.05, 4.69) is 10.3 Å². The van der Waals surface area contributed by atoms with Crippen LogP contribution in [0.25, 0.3) is 0 Å². The van der Waals surface area contributed by atoms with Crippen molar-refractivity contribution in [3.63, 3.8) is 0 Å². The highest BCUT2D eigenvalue weighted by atomic mass is 32.2. The van der Waals surface area contributed by atoms with Gasteiger partial charge in [-0.3, -0.25) is 10.1 Å². The second-order valence-electron chi connectivity index (χ2n) is 3.51. The van der Waals surface area contributed by atoms with Gasteiger partial charge in [0.25, 0.3) is 0 Å². The lowest BCUT2D eigenvalue weighted by Gasteiger charge is -2.04. The lowest BCUT2D eigenvalue weighted by atomic mass is 10.4. The first-order valence-corrected chi connectivity index (χ1v) is 8.02. The Morgan fingerprint density at radius 3 is 2.67 bits per heavy atom. The van der Waals surface area contributed by atoms with Gasteiger partial charge in [-0.1, -0.05) is 11.8 Å². The Hall–Kier alpha value is -1.35. The second-order valence-corrected chi connectivity index (χ2v) is 6.85. The van der Waals surface area contributed by atoms with E-state index in [9.17, 15) is 18.5 Å². The van der Waals surface area contributed by atoms with Gasteiger partial charge in [-0.15, -0.1) is 0 Å². The molecule has 1 rings (SSSR count). The molecule has 9 heteroatoms. The van der Waals surface area contributed by atoms with Gasteiger partial charge in [-0.05, 0) is 6.07 Å². The molecule has 0 saturated heterocycles. The third kappa shape index (κ3) is 4.49. The molecule has 0 aliphatic heterocycles. The van der Waals surface area contributed by atoms with Gasteiger partial charge >= 0.3 is 5.69 Å². The normalized spacial score (nSPS) is 11.2. The summed E-state index contributed by atoms with van der Waals surface area (Å²) < 4.78 is 22.0. The Bertz CT molecular complexity index is 545. The van der Waals surface area contributed by atoms with Crippen molar-refractivity contribution in [3.05, 3.63) is 22.2 Å². The lowest BCUT2D eigenvalue weighted by molar-refractivity contribution is -0.388. The van der Waals surface area contributed by atoms with Crippen LogP contribution in [0.4, 0.5) is 11.5 Å². The van der Waals surface area contributed by atoms with Crippen LogP contribution in [-0.2, 0) is 9.84 Å². The molecule has 7 nitrogen and oxygen atoms in total. The van der Waals surface area contributed by atoms with Crippen molar-refractivity contribution < 1.29 is 13.3 Å². The maximum absolute atomic E-state index is 11.0. The minimum atomic E-state index is -3.08. The Kier molecular flexibility index (Phi) is 4.91. The third-order valence-electron chi connectivity index (χ3n) is 1.99. The highest BCUT2D eigenvalue weighted by Gasteiger charge is 2.16. The molecule has 18 heavy (non-hydrogen) atoms. The summed E-state index contributed by atoms with van der Waals surface area (Å²) in [5.74, 6) is 0.697. The monoisotopic (exact) mass is 291 g/mol. The van der Waals surface area contributed by atoms with Crippen LogP contribution >= 0.6 is 11.8 Å². The molecule has 0 aliphatic rings. The number of nitro groups is 1. The Balaban J connectivity index is 2.87. The molecule has 0 aromatic carbocycles. The summed E-state index contributed by atoms with van der Waals surface area (Å²) in [4.78, 5) is 14.3. The maximum Gasteiger partial charge on any atom is 0.301 e. The number of rotatable bonds is 6. The second kappa shape index (κ2) is 6.01. The molecule has 0 saturated carbocycles. The van der Waals surface area contributed by atoms with Gasteiger partial charge < -0.3 is 5.32 Å². The van der Waals surface area contributed by atoms with Crippen LogP contribution in [0.2, 0.25) is 0 Å². The number of hydrogen-bond acceptors (Lipinski definition) is 7. The standard InChI is InChI=1S/C9H13N3O4S2/c1-10-8-4-3-7(12(13)14)9(11-8)17-5-6-18(2,15)16/h3-4H,5-6H2,1-2H3,(H,10,11). The van der Waals surface area contributed by atoms with Crippen LogP contribution in [0.1, 0.15) is 0 Å². The van der Waals surface area contributed by atoms with Crippen LogP contribution in [0.3, 0.4) is 0 Å². The maximum atomic E-state index is 11.0. The molecule has 1 N–H and O–H groups in total. The Labute approximate surface area is 109 Å². The van der Waals surface area contributed by atoms with E-state index in [1.54, 1.807) is 7.05 Å². The summed E-state index contributed by atoms with van der Waals surface area (Å²) >= 11 is 1.06. The van der Waals surface area contributed by atoms with Crippen molar-refractivity contribution in [2.45, 2.75) is 5.03 Å². The third-order valence-corrected chi connectivity index (χ3v) is 4.17. The van der Waals surface area contributed by atoms with Gasteiger partial charge in [-0.2, -0.15) is 0 Å². The van der Waals surface area contributed by atoms with Gasteiger partial charge in [0.15, 0.2) is 5.03 Å². The van der Waals surface area contributed by atoms with Crippen molar-refractivity contribution in [3.8, 4) is 0 Å². The van der Waals surface area contributed by atoms with Gasteiger partial charge in [0.05, 0.1) is 10.7 Å². The van der Waals surface area contributed by atoms with E-state index in [-0.39, 0.29) is 22.2 Å². The molecule has 0 radical (unpaired) electrons. The van der Waals surface area contributed by atoms with Gasteiger partial charge in [0.1, 0.15) is 15.7 Å². The van der Waals surface area contributed by atoms with E-state index in [4.69, 9.17) is 0 Å². The molecule has 0 amide bonds. The Morgan fingerprint density at radius 2 is 2.17 bits per heavy atom. The highest BCUT2D eigenvalue weighted by Crippen LogP contribution is 2.28. The average Bonchev–Trinajstić information content (AvgIpc) is 2.26. The minimum absolute atomic E-state index is 0.0414. The predicted octanol–water partition coefficient (Wildman–Crippen LogP) is 1.17. The summed E-state index contributed by atoms with van der Waals surface area (Å²) in [6.07, 6.45) is 1.12. The summed E-state index contributed by atoms with van der Waals surface area (Å²) in [6.45, 7) is 0. The molecule has 0 unspecified atom stereocenters. The van der Waals surface area contributed by atoms with E-state index in [0.29, 0.717) is 5.82 Å². The van der Waals surface area contributed by atoms with E-state index < -0.39 is 14.8 Å². The van der Waals surface area contributed by atoms with Crippen LogP contribution in [0.5, 0.6) is 0 Å². The van der Waals surface area contributed by atoms with E-state index in [1.807, 2.05) is 0 Å². The van der Waals surface area contributed by atoms with Crippen molar-refractivity contribution in [2.75, 3.05) is 30.1 Å². The number of hydrogen-bond donors (Lipinski definition) is 1. The SMILES string of the molecule is CNc1ccc([N+](=O)[O-])c(SCCS(C)(=O)=O)n1. The fourth-order valence-electron chi connectivity index (χ4n) is 1.11. The quantitative estimate of drug-likeness (QED) is 0.476. The first-order valence-electron chi connectivity index (χ1n) is 4.97. The molecule has 0 aliphatic carbocycles. The zero-order chi connectivity index (χ0) is 13.8. The molecular formula is C9H13N3O4S2. The largest absolute Gasteiger partial charge is 0.373 e. The smallest absolute Gasteiger partial charge is 0.301 e. The van der Waals surface area contributed by atoms with Crippen molar-refractivity contribution in [1.82, 2.24) is 4.98 Å². The number of anilines is 1. The lowest BCUT2D eigenvalue weighted by Crippen LogP contribution is -2.06. The number of nitrogens with zero attached hydrogens (tertiary/aromatic N) is 2. The number of pyridine rings is 1. The molecule has 0 atom stereocenters. The zero-order valence-electron chi connectivity index (χ0n) is 9.91. The first kappa shape index (κ1) is 14.7. The van der Waals surface area contributed by atoms with Crippen LogP contribution in [0, 0.1) is 10.1 Å². The molecule has 100 valence electrons. The molecular weight excluding hydrogens is 278 g/mol. The van der Waals surface area contributed by atoms with Crippen LogP contribution in [-0.4, -0.2) is 43.1 Å². The molecule has 1 heterocycles. The van der Waals surface area contributed by atoms with Gasteiger partial charge in [0, 0.05) is 25.1 Å². The van der Waals surface area contributed by atoms with E-state index in [0.717, 1.165) is 18.0 Å². The number of thioether (sulfide) groups is 1.